The number of nitriles is 1. The number of hydrogen-bond acceptors (Lipinski definition) is 9. The van der Waals surface area contributed by atoms with Crippen LogP contribution in [0.3, 0.4) is 0 Å². The minimum Gasteiger partial charge on any atom is -0.370 e. The third-order valence-electron chi connectivity index (χ3n) is 6.13. The predicted octanol–water partition coefficient (Wildman–Crippen LogP) is 1.13. The number of piperazine rings is 1. The van der Waals surface area contributed by atoms with Crippen molar-refractivity contribution in [1.82, 2.24) is 35.0 Å². The number of thiophene rings is 1. The summed E-state index contributed by atoms with van der Waals surface area (Å²) in [4.78, 5) is 22.3. The summed E-state index contributed by atoms with van der Waals surface area (Å²) in [6, 6.07) is 6.12. The van der Waals surface area contributed by atoms with E-state index in [0.29, 0.717) is 19.7 Å². The molecule has 2 aliphatic heterocycles. The first kappa shape index (κ1) is 20.7. The highest BCUT2D eigenvalue weighted by molar-refractivity contribution is 7.10. The van der Waals surface area contributed by atoms with Gasteiger partial charge in [-0.15, -0.1) is 16.4 Å². The fraction of sp³-hybridized carbons (Fsp3) is 0.429. The van der Waals surface area contributed by atoms with Gasteiger partial charge in [0.15, 0.2) is 0 Å². The van der Waals surface area contributed by atoms with Gasteiger partial charge in [0.2, 0.25) is 5.91 Å². The van der Waals surface area contributed by atoms with Crippen LogP contribution in [0, 0.1) is 18.3 Å². The average Bonchev–Trinajstić information content (AvgIpc) is 3.49. The second-order valence-electron chi connectivity index (χ2n) is 8.01. The molecule has 5 heterocycles. The quantitative estimate of drug-likeness (QED) is 0.581. The van der Waals surface area contributed by atoms with E-state index >= 15 is 0 Å². The number of aromatic nitrogens is 5. The van der Waals surface area contributed by atoms with E-state index in [1.54, 1.807) is 6.20 Å². The first-order chi connectivity index (χ1) is 15.6. The van der Waals surface area contributed by atoms with Crippen molar-refractivity contribution >= 4 is 17.2 Å². The van der Waals surface area contributed by atoms with Crippen molar-refractivity contribution < 1.29 is 9.53 Å². The van der Waals surface area contributed by atoms with E-state index in [2.05, 4.69) is 31.5 Å². The van der Waals surface area contributed by atoms with Crippen LogP contribution in [0.2, 0.25) is 0 Å². The first-order valence-corrected chi connectivity index (χ1v) is 11.3. The summed E-state index contributed by atoms with van der Waals surface area (Å²) in [7, 11) is 0. The summed E-state index contributed by atoms with van der Waals surface area (Å²) in [6.45, 7) is 5.51. The molecule has 0 radical (unpaired) electrons. The van der Waals surface area contributed by atoms with Crippen LogP contribution in [-0.4, -0.2) is 79.7 Å². The smallest absolute Gasteiger partial charge is 0.228 e. The summed E-state index contributed by atoms with van der Waals surface area (Å²) in [5.41, 5.74) is 3.60. The fourth-order valence-electron chi connectivity index (χ4n) is 4.26. The van der Waals surface area contributed by atoms with Gasteiger partial charge in [-0.1, -0.05) is 0 Å². The van der Waals surface area contributed by atoms with Crippen molar-refractivity contribution in [3.8, 4) is 11.8 Å². The standard InChI is InChI=1S/C21H22N8O2S/c1-14-18(12-32-20(14)7-22)19-10-27-4-5-28(9-17(27)11-31-19)21(30)6-15-2-3-16(8-23-15)29-13-24-25-26-29/h2-3,8,12-13,17,19H,4-6,9-11H2,1H3. The van der Waals surface area contributed by atoms with Gasteiger partial charge in [-0.05, 0) is 46.0 Å². The van der Waals surface area contributed by atoms with Gasteiger partial charge in [0.05, 0.1) is 37.1 Å². The van der Waals surface area contributed by atoms with Crippen molar-refractivity contribution in [3.63, 3.8) is 0 Å². The molecule has 32 heavy (non-hydrogen) atoms. The SMILES string of the molecule is Cc1c(C2CN3CCN(C(=O)Cc4ccc(-n5cnnn5)cn4)CC3CO2)csc1C#N. The van der Waals surface area contributed by atoms with Crippen molar-refractivity contribution in [2.75, 3.05) is 32.8 Å². The van der Waals surface area contributed by atoms with E-state index in [0.717, 1.165) is 40.5 Å². The highest BCUT2D eigenvalue weighted by Crippen LogP contribution is 2.33. The molecule has 0 N–H and O–H groups in total. The van der Waals surface area contributed by atoms with Gasteiger partial charge in [-0.2, -0.15) is 9.94 Å². The zero-order chi connectivity index (χ0) is 22.1. The number of carbonyl (C=O) groups is 1. The van der Waals surface area contributed by atoms with Crippen LogP contribution in [-0.2, 0) is 16.0 Å². The summed E-state index contributed by atoms with van der Waals surface area (Å²) < 4.78 is 7.67. The largest absolute Gasteiger partial charge is 0.370 e. The minimum absolute atomic E-state index is 0.0187. The van der Waals surface area contributed by atoms with Crippen LogP contribution in [0.4, 0.5) is 0 Å². The molecule has 10 nitrogen and oxygen atoms in total. The molecule has 3 aromatic heterocycles. The number of nitrogens with zero attached hydrogens (tertiary/aromatic N) is 8. The third kappa shape index (κ3) is 4.00. The van der Waals surface area contributed by atoms with Crippen LogP contribution in [0.5, 0.6) is 0 Å². The molecule has 5 rings (SSSR count). The third-order valence-corrected chi connectivity index (χ3v) is 7.13. The number of ether oxygens (including phenoxy) is 1. The number of hydrogen-bond donors (Lipinski definition) is 0. The van der Waals surface area contributed by atoms with Crippen molar-refractivity contribution in [3.05, 3.63) is 51.7 Å². The Morgan fingerprint density at radius 2 is 2.25 bits per heavy atom. The Bertz CT molecular complexity index is 1140. The van der Waals surface area contributed by atoms with Gasteiger partial charge in [0.1, 0.15) is 17.3 Å². The Balaban J connectivity index is 1.17. The van der Waals surface area contributed by atoms with E-state index in [9.17, 15) is 10.1 Å². The van der Waals surface area contributed by atoms with Gasteiger partial charge < -0.3 is 9.64 Å². The van der Waals surface area contributed by atoms with Crippen LogP contribution in [0.15, 0.2) is 30.0 Å². The lowest BCUT2D eigenvalue weighted by atomic mass is 10.0. The second-order valence-corrected chi connectivity index (χ2v) is 8.89. The molecule has 0 saturated carbocycles. The lowest BCUT2D eigenvalue weighted by molar-refractivity contribution is -0.139. The van der Waals surface area contributed by atoms with E-state index in [4.69, 9.17) is 4.74 Å². The minimum atomic E-state index is -0.0187. The van der Waals surface area contributed by atoms with Crippen molar-refractivity contribution in [2.24, 2.45) is 0 Å². The highest BCUT2D eigenvalue weighted by Gasteiger charge is 2.36. The summed E-state index contributed by atoms with van der Waals surface area (Å²) in [5, 5.41) is 22.3. The Morgan fingerprint density at radius 1 is 1.34 bits per heavy atom. The molecule has 11 heteroatoms. The molecule has 2 unspecified atom stereocenters. The van der Waals surface area contributed by atoms with Crippen LogP contribution < -0.4 is 0 Å². The second kappa shape index (κ2) is 8.74. The first-order valence-electron chi connectivity index (χ1n) is 10.4. The van der Waals surface area contributed by atoms with Gasteiger partial charge in [-0.3, -0.25) is 14.7 Å². The average molecular weight is 451 g/mol. The Labute approximate surface area is 189 Å². The molecule has 164 valence electrons. The lowest BCUT2D eigenvalue weighted by Crippen LogP contribution is -2.59. The molecule has 2 fully saturated rings. The molecular weight excluding hydrogens is 428 g/mol. The van der Waals surface area contributed by atoms with E-state index < -0.39 is 0 Å². The summed E-state index contributed by atoms with van der Waals surface area (Å²) >= 11 is 1.47. The topological polar surface area (TPSA) is 113 Å². The zero-order valence-corrected chi connectivity index (χ0v) is 18.4. The van der Waals surface area contributed by atoms with Crippen molar-refractivity contribution in [1.29, 1.82) is 5.26 Å². The maximum absolute atomic E-state index is 12.9. The molecule has 2 aliphatic rings. The number of carbonyl (C=O) groups excluding carboxylic acids is 1. The number of pyridine rings is 1. The van der Waals surface area contributed by atoms with E-state index in [1.807, 2.05) is 29.3 Å². The number of tetrazole rings is 1. The maximum atomic E-state index is 12.9. The normalized spacial score (nSPS) is 21.2. The van der Waals surface area contributed by atoms with Gasteiger partial charge >= 0.3 is 0 Å². The zero-order valence-electron chi connectivity index (χ0n) is 17.6. The van der Waals surface area contributed by atoms with Crippen LogP contribution in [0.25, 0.3) is 5.69 Å². The van der Waals surface area contributed by atoms with E-state index in [-0.39, 0.29) is 24.5 Å². The predicted molar refractivity (Wildman–Crippen MR) is 115 cm³/mol. The maximum Gasteiger partial charge on any atom is 0.228 e. The Hall–Kier alpha value is -3.20. The summed E-state index contributed by atoms with van der Waals surface area (Å²) in [5.74, 6) is 0.0711. The molecule has 0 spiro atoms. The molecule has 0 aromatic carbocycles. The molecular formula is C21H22N8O2S. The number of morpholine rings is 1. The molecule has 2 saturated heterocycles. The lowest BCUT2D eigenvalue weighted by Gasteiger charge is -2.46. The van der Waals surface area contributed by atoms with Crippen LogP contribution in [0.1, 0.15) is 27.8 Å². The van der Waals surface area contributed by atoms with E-state index in [1.165, 1.54) is 22.3 Å². The summed E-state index contributed by atoms with van der Waals surface area (Å²) in [6.07, 6.45) is 3.41. The Morgan fingerprint density at radius 3 is 2.97 bits per heavy atom. The molecule has 1 amide bonds. The molecule has 0 aliphatic carbocycles. The fourth-order valence-corrected chi connectivity index (χ4v) is 5.18. The number of rotatable bonds is 4. The molecule has 0 bridgehead atoms. The Kier molecular flexibility index (Phi) is 5.65. The van der Waals surface area contributed by atoms with Gasteiger partial charge in [0.25, 0.3) is 0 Å². The van der Waals surface area contributed by atoms with Gasteiger partial charge in [-0.25, -0.2) is 0 Å². The molecule has 3 aromatic rings. The monoisotopic (exact) mass is 450 g/mol. The van der Waals surface area contributed by atoms with Crippen LogP contribution >= 0.6 is 11.3 Å². The number of fused-ring (bicyclic) bond motifs is 1. The number of amides is 1. The van der Waals surface area contributed by atoms with Gasteiger partial charge in [0, 0.05) is 31.9 Å². The molecule has 2 atom stereocenters. The van der Waals surface area contributed by atoms with Crippen molar-refractivity contribution in [2.45, 2.75) is 25.5 Å². The highest BCUT2D eigenvalue weighted by atomic mass is 32.1.